The Kier molecular flexibility index (Phi) is 5.70. The lowest BCUT2D eigenvalue weighted by Gasteiger charge is -2.29. The number of thiophene rings is 1. The Morgan fingerprint density at radius 2 is 2.41 bits per heavy atom. The van der Waals surface area contributed by atoms with Gasteiger partial charge in [-0.15, -0.1) is 11.3 Å². The minimum absolute atomic E-state index is 0.0212. The summed E-state index contributed by atoms with van der Waals surface area (Å²) in [5.74, 6) is 0.340. The van der Waals surface area contributed by atoms with E-state index in [2.05, 4.69) is 10.3 Å². The van der Waals surface area contributed by atoms with Crippen molar-refractivity contribution < 1.29 is 19.1 Å². The Bertz CT molecular complexity index is 588. The van der Waals surface area contributed by atoms with Gasteiger partial charge in [-0.25, -0.2) is 4.98 Å². The van der Waals surface area contributed by atoms with Crippen LogP contribution >= 0.6 is 11.3 Å². The lowest BCUT2D eigenvalue weighted by molar-refractivity contribution is -0.123. The first-order valence-corrected chi connectivity index (χ1v) is 7.83. The maximum atomic E-state index is 12.1. The second-order valence-electron chi connectivity index (χ2n) is 5.31. The van der Waals surface area contributed by atoms with Crippen molar-refractivity contribution in [2.45, 2.75) is 25.3 Å². The summed E-state index contributed by atoms with van der Waals surface area (Å²) in [6, 6.07) is 3.83. The summed E-state index contributed by atoms with van der Waals surface area (Å²) in [6.07, 6.45) is 2.04. The van der Waals surface area contributed by atoms with Crippen molar-refractivity contribution in [2.24, 2.45) is 0 Å². The van der Waals surface area contributed by atoms with E-state index in [0.29, 0.717) is 24.6 Å². The SMILES string of the molecule is COCC(C)(CCO)NC(=O)Cc1coc(-c2cccs2)n1. The largest absolute Gasteiger partial charge is 0.444 e. The number of oxazole rings is 1. The first-order chi connectivity index (χ1) is 10.6. The standard InChI is InChI=1S/C15H20N2O4S/c1-15(5-6-18,10-20-2)17-13(19)8-11-9-21-14(16-11)12-4-3-7-22-12/h3-4,7,9,18H,5-6,8,10H2,1-2H3,(H,17,19). The van der Waals surface area contributed by atoms with E-state index in [-0.39, 0.29) is 18.9 Å². The van der Waals surface area contributed by atoms with Crippen LogP contribution in [0.2, 0.25) is 0 Å². The van der Waals surface area contributed by atoms with Crippen LogP contribution in [0.1, 0.15) is 19.0 Å². The fourth-order valence-electron chi connectivity index (χ4n) is 2.18. The Labute approximate surface area is 133 Å². The van der Waals surface area contributed by atoms with Crippen LogP contribution in [-0.4, -0.2) is 41.9 Å². The maximum absolute atomic E-state index is 12.1. The molecule has 2 aromatic rings. The number of aliphatic hydroxyl groups excluding tert-OH is 1. The number of aromatic nitrogens is 1. The molecule has 22 heavy (non-hydrogen) atoms. The van der Waals surface area contributed by atoms with Crippen LogP contribution in [-0.2, 0) is 16.0 Å². The Balaban J connectivity index is 1.97. The normalized spacial score (nSPS) is 13.8. The number of rotatable bonds is 8. The van der Waals surface area contributed by atoms with Crippen molar-refractivity contribution in [1.29, 1.82) is 0 Å². The van der Waals surface area contributed by atoms with Gasteiger partial charge in [0.15, 0.2) is 0 Å². The van der Waals surface area contributed by atoms with Crippen LogP contribution in [0.3, 0.4) is 0 Å². The van der Waals surface area contributed by atoms with Crippen LogP contribution in [0.25, 0.3) is 10.8 Å². The van der Waals surface area contributed by atoms with E-state index in [4.69, 9.17) is 14.3 Å². The Morgan fingerprint density at radius 3 is 3.05 bits per heavy atom. The first kappa shape index (κ1) is 16.7. The summed E-state index contributed by atoms with van der Waals surface area (Å²) in [5.41, 5.74) is -0.0226. The summed E-state index contributed by atoms with van der Waals surface area (Å²) >= 11 is 1.53. The van der Waals surface area contributed by atoms with Gasteiger partial charge >= 0.3 is 0 Å². The number of carbonyl (C=O) groups is 1. The van der Waals surface area contributed by atoms with Crippen LogP contribution in [0.4, 0.5) is 0 Å². The zero-order valence-corrected chi connectivity index (χ0v) is 13.5. The highest BCUT2D eigenvalue weighted by molar-refractivity contribution is 7.13. The zero-order valence-electron chi connectivity index (χ0n) is 12.7. The fraction of sp³-hybridized carbons (Fsp3) is 0.467. The molecule has 0 fully saturated rings. The average molecular weight is 324 g/mol. The molecule has 0 saturated heterocycles. The predicted molar refractivity (Wildman–Crippen MR) is 83.6 cm³/mol. The molecule has 7 heteroatoms. The van der Waals surface area contributed by atoms with Crippen molar-refractivity contribution in [3.05, 3.63) is 29.5 Å². The van der Waals surface area contributed by atoms with Gasteiger partial charge in [0, 0.05) is 13.7 Å². The molecule has 0 aliphatic carbocycles. The number of ether oxygens (including phenoxy) is 1. The number of aliphatic hydroxyl groups is 1. The molecular weight excluding hydrogens is 304 g/mol. The second kappa shape index (κ2) is 7.53. The molecule has 1 amide bonds. The van der Waals surface area contributed by atoms with Crippen molar-refractivity contribution >= 4 is 17.2 Å². The van der Waals surface area contributed by atoms with E-state index in [1.54, 1.807) is 7.11 Å². The van der Waals surface area contributed by atoms with Gasteiger partial charge in [0.2, 0.25) is 11.8 Å². The van der Waals surface area contributed by atoms with Crippen molar-refractivity contribution in [3.8, 4) is 10.8 Å². The molecule has 2 aromatic heterocycles. The van der Waals surface area contributed by atoms with E-state index in [9.17, 15) is 4.79 Å². The van der Waals surface area contributed by atoms with Gasteiger partial charge in [0.25, 0.3) is 0 Å². The van der Waals surface area contributed by atoms with Crippen LogP contribution in [0.15, 0.2) is 28.2 Å². The number of nitrogens with zero attached hydrogens (tertiary/aromatic N) is 1. The zero-order chi connectivity index (χ0) is 16.0. The molecule has 120 valence electrons. The van der Waals surface area contributed by atoms with Crippen LogP contribution in [0.5, 0.6) is 0 Å². The van der Waals surface area contributed by atoms with Crippen LogP contribution in [0, 0.1) is 0 Å². The molecule has 2 rings (SSSR count). The van der Waals surface area contributed by atoms with Gasteiger partial charge in [0.1, 0.15) is 6.26 Å². The maximum Gasteiger partial charge on any atom is 0.236 e. The number of carbonyl (C=O) groups excluding carboxylic acids is 1. The molecule has 1 unspecified atom stereocenters. The first-order valence-electron chi connectivity index (χ1n) is 6.95. The number of methoxy groups -OCH3 is 1. The molecule has 2 heterocycles. The lowest BCUT2D eigenvalue weighted by atomic mass is 9.99. The monoisotopic (exact) mass is 324 g/mol. The molecule has 0 aromatic carbocycles. The van der Waals surface area contributed by atoms with E-state index in [1.165, 1.54) is 17.6 Å². The minimum atomic E-state index is -0.596. The molecule has 0 aliphatic heterocycles. The fourth-order valence-corrected chi connectivity index (χ4v) is 2.84. The number of amides is 1. The smallest absolute Gasteiger partial charge is 0.236 e. The van der Waals surface area contributed by atoms with E-state index < -0.39 is 5.54 Å². The third-order valence-corrected chi connectivity index (χ3v) is 4.05. The topological polar surface area (TPSA) is 84.6 Å². The highest BCUT2D eigenvalue weighted by atomic mass is 32.1. The van der Waals surface area contributed by atoms with Crippen LogP contribution < -0.4 is 5.32 Å². The van der Waals surface area contributed by atoms with Gasteiger partial charge < -0.3 is 19.6 Å². The number of nitrogens with one attached hydrogen (secondary N) is 1. The summed E-state index contributed by atoms with van der Waals surface area (Å²) in [5, 5.41) is 13.9. The summed E-state index contributed by atoms with van der Waals surface area (Å²) in [6.45, 7) is 2.15. The van der Waals surface area contributed by atoms with Gasteiger partial charge in [-0.05, 0) is 24.8 Å². The molecule has 0 spiro atoms. The molecule has 0 bridgehead atoms. The summed E-state index contributed by atoms with van der Waals surface area (Å²) in [4.78, 5) is 17.4. The van der Waals surface area contributed by atoms with Gasteiger partial charge in [-0.1, -0.05) is 6.07 Å². The number of hydrogen-bond donors (Lipinski definition) is 2. The highest BCUT2D eigenvalue weighted by Crippen LogP contribution is 2.23. The Morgan fingerprint density at radius 1 is 1.59 bits per heavy atom. The molecule has 0 radical (unpaired) electrons. The van der Waals surface area contributed by atoms with Gasteiger partial charge in [0.05, 0.1) is 29.1 Å². The molecule has 0 aliphatic rings. The van der Waals surface area contributed by atoms with E-state index in [1.807, 2.05) is 24.4 Å². The van der Waals surface area contributed by atoms with E-state index >= 15 is 0 Å². The predicted octanol–water partition coefficient (Wildman–Crippen LogP) is 1.85. The number of hydrogen-bond acceptors (Lipinski definition) is 6. The third kappa shape index (κ3) is 4.40. The third-order valence-electron chi connectivity index (χ3n) is 3.19. The van der Waals surface area contributed by atoms with Crippen molar-refractivity contribution in [2.75, 3.05) is 20.3 Å². The second-order valence-corrected chi connectivity index (χ2v) is 6.26. The average Bonchev–Trinajstić information content (AvgIpc) is 3.08. The van der Waals surface area contributed by atoms with Crippen molar-refractivity contribution in [1.82, 2.24) is 10.3 Å². The quantitative estimate of drug-likeness (QED) is 0.774. The molecular formula is C15H20N2O4S. The highest BCUT2D eigenvalue weighted by Gasteiger charge is 2.26. The minimum Gasteiger partial charge on any atom is -0.444 e. The van der Waals surface area contributed by atoms with Crippen molar-refractivity contribution in [3.63, 3.8) is 0 Å². The van der Waals surface area contributed by atoms with Gasteiger partial charge in [-0.2, -0.15) is 0 Å². The van der Waals surface area contributed by atoms with Gasteiger partial charge in [-0.3, -0.25) is 4.79 Å². The summed E-state index contributed by atoms with van der Waals surface area (Å²) in [7, 11) is 1.56. The van der Waals surface area contributed by atoms with E-state index in [0.717, 1.165) is 4.88 Å². The Hall–Kier alpha value is -1.70. The lowest BCUT2D eigenvalue weighted by Crippen LogP contribution is -2.50. The molecule has 6 nitrogen and oxygen atoms in total. The molecule has 2 N–H and O–H groups in total. The molecule has 1 atom stereocenters. The molecule has 0 saturated carbocycles. The summed E-state index contributed by atoms with van der Waals surface area (Å²) < 4.78 is 10.5.